The molecule has 1 aromatic heterocycles. The van der Waals surface area contributed by atoms with Gasteiger partial charge in [-0.2, -0.15) is 0 Å². The molecule has 1 saturated heterocycles. The number of nitrogens with zero attached hydrogens (tertiary/aromatic N) is 1. The van der Waals surface area contributed by atoms with Crippen molar-refractivity contribution in [3.8, 4) is 34.8 Å². The smallest absolute Gasteiger partial charge is 0.168 e. The van der Waals surface area contributed by atoms with E-state index in [0.29, 0.717) is 44.1 Å². The molecule has 7 aliphatic rings. The van der Waals surface area contributed by atoms with Gasteiger partial charge in [-0.3, -0.25) is 0 Å². The predicted octanol–water partition coefficient (Wildman–Crippen LogP) is 9.95. The topological polar surface area (TPSA) is 152 Å². The monoisotopic (exact) mass is 961 g/mol. The molecule has 0 radical (unpaired) electrons. The van der Waals surface area contributed by atoms with Gasteiger partial charge >= 0.3 is 0 Å². The molecule has 6 heterocycles. The summed E-state index contributed by atoms with van der Waals surface area (Å²) >= 11 is 0. The molecule has 10 heteroatoms. The summed E-state index contributed by atoms with van der Waals surface area (Å²) in [5, 5.41) is 50.1. The molecule has 5 aliphatic heterocycles. The fourth-order valence-electron chi connectivity index (χ4n) is 12.8. The number of aromatic hydroxyl groups is 3. The maximum absolute atomic E-state index is 12.0. The number of dihydropyridines is 1. The van der Waals surface area contributed by atoms with Crippen LogP contribution in [0.25, 0.3) is 22.7 Å². The molecule has 0 spiro atoms. The Labute approximate surface area is 421 Å². The summed E-state index contributed by atoms with van der Waals surface area (Å²) in [4.78, 5) is 0. The van der Waals surface area contributed by atoms with Crippen molar-refractivity contribution >= 4 is 22.7 Å². The van der Waals surface area contributed by atoms with Gasteiger partial charge in [0, 0.05) is 76.6 Å². The van der Waals surface area contributed by atoms with Crippen molar-refractivity contribution < 1.29 is 34.6 Å². The van der Waals surface area contributed by atoms with Crippen molar-refractivity contribution in [1.82, 2.24) is 9.88 Å². The number of hydrogen-bond donors (Lipinski definition) is 6. The maximum atomic E-state index is 12.0. The Morgan fingerprint density at radius 2 is 1.76 bits per heavy atom. The number of rotatable bonds is 6. The van der Waals surface area contributed by atoms with Gasteiger partial charge in [-0.05, 0) is 145 Å². The van der Waals surface area contributed by atoms with Crippen LogP contribution in [0, 0.1) is 29.6 Å². The number of nitrogens with two attached hydrogens (primary N) is 1. The van der Waals surface area contributed by atoms with E-state index in [9.17, 15) is 20.4 Å². The zero-order valence-electron chi connectivity index (χ0n) is 40.7. The number of aliphatic hydroxyl groups is 1. The summed E-state index contributed by atoms with van der Waals surface area (Å²) < 4.78 is 22.2. The van der Waals surface area contributed by atoms with Crippen LogP contribution in [-0.4, -0.2) is 63.2 Å². The first-order valence-corrected chi connectivity index (χ1v) is 26.0. The van der Waals surface area contributed by atoms with E-state index in [1.165, 1.54) is 16.7 Å². The lowest BCUT2D eigenvalue weighted by Crippen LogP contribution is -2.47. The van der Waals surface area contributed by atoms with Crippen LogP contribution >= 0.6 is 0 Å². The molecule has 1 fully saturated rings. The van der Waals surface area contributed by atoms with Crippen molar-refractivity contribution in [2.75, 3.05) is 19.8 Å². The van der Waals surface area contributed by atoms with E-state index >= 15 is 0 Å². The van der Waals surface area contributed by atoms with E-state index in [2.05, 4.69) is 82.7 Å². The molecule has 6 aromatic rings. The molecular weight excluding hydrogens is 899 g/mol. The number of ether oxygens (including phenoxy) is 3. The Bertz CT molecular complexity index is 3230. The van der Waals surface area contributed by atoms with Gasteiger partial charge in [0.15, 0.2) is 11.5 Å². The second-order valence-electron chi connectivity index (χ2n) is 21.1. The predicted molar refractivity (Wildman–Crippen MR) is 280 cm³/mol. The van der Waals surface area contributed by atoms with Crippen LogP contribution in [0.15, 0.2) is 127 Å². The molecule has 5 aromatic carbocycles. The highest BCUT2D eigenvalue weighted by molar-refractivity contribution is 5.89. The van der Waals surface area contributed by atoms with Gasteiger partial charge in [-0.15, -0.1) is 0 Å². The minimum Gasteiger partial charge on any atom is -0.508 e. The average Bonchev–Trinajstić information content (AvgIpc) is 3.82. The molecule has 10 nitrogen and oxygen atoms in total. The maximum Gasteiger partial charge on any atom is 0.168 e. The van der Waals surface area contributed by atoms with E-state index < -0.39 is 12.3 Å². The van der Waals surface area contributed by atoms with Crippen LogP contribution in [-0.2, 0) is 47.2 Å². The zero-order valence-corrected chi connectivity index (χ0v) is 40.7. The van der Waals surface area contributed by atoms with E-state index in [0.717, 1.165) is 112 Å². The number of hydrogen-bond acceptors (Lipinski definition) is 9. The van der Waals surface area contributed by atoms with Crippen LogP contribution in [0.5, 0.6) is 23.0 Å². The number of aryl methyl sites for hydroxylation is 2. The largest absolute Gasteiger partial charge is 0.508 e. The molecule has 13 rings (SSSR count). The first kappa shape index (κ1) is 46.3. The van der Waals surface area contributed by atoms with Crippen molar-refractivity contribution in [1.29, 1.82) is 0 Å². The van der Waals surface area contributed by atoms with Crippen molar-refractivity contribution in [2.45, 2.75) is 101 Å². The normalized spacial score (nSPS) is 25.7. The zero-order chi connectivity index (χ0) is 48.9. The fourth-order valence-corrected chi connectivity index (χ4v) is 12.8. The van der Waals surface area contributed by atoms with E-state index in [4.69, 9.17) is 19.9 Å². The first-order valence-electron chi connectivity index (χ1n) is 26.0. The number of benzene rings is 5. The average molecular weight is 962 g/mol. The lowest BCUT2D eigenvalue weighted by atomic mass is 9.57. The van der Waals surface area contributed by atoms with Crippen LogP contribution < -0.4 is 15.8 Å². The third-order valence-electron chi connectivity index (χ3n) is 16.6. The van der Waals surface area contributed by atoms with Crippen molar-refractivity contribution in [3.63, 3.8) is 0 Å². The number of phenols is 3. The molecule has 2 aliphatic carbocycles. The Hall–Kier alpha value is -6.74. The van der Waals surface area contributed by atoms with Crippen LogP contribution in [0.1, 0.15) is 95.0 Å². The molecule has 368 valence electrons. The van der Waals surface area contributed by atoms with Gasteiger partial charge in [0.25, 0.3) is 0 Å². The quantitative estimate of drug-likeness (QED) is 0.0897. The van der Waals surface area contributed by atoms with Gasteiger partial charge in [0.05, 0.1) is 31.6 Å². The number of nitrogens with one attached hydrogen (secondary N) is 1. The first-order chi connectivity index (χ1) is 35.1. The lowest BCUT2D eigenvalue weighted by Gasteiger charge is -2.49. The second-order valence-corrected chi connectivity index (χ2v) is 21.1. The lowest BCUT2D eigenvalue weighted by molar-refractivity contribution is 0.00497. The Balaban J connectivity index is 0.959. The van der Waals surface area contributed by atoms with Crippen LogP contribution in [0.4, 0.5) is 0 Å². The summed E-state index contributed by atoms with van der Waals surface area (Å²) in [7, 11) is 0. The molecule has 72 heavy (non-hydrogen) atoms. The van der Waals surface area contributed by atoms with Crippen LogP contribution in [0.3, 0.4) is 0 Å². The van der Waals surface area contributed by atoms with E-state index in [1.807, 2.05) is 36.4 Å². The summed E-state index contributed by atoms with van der Waals surface area (Å²) in [5.41, 5.74) is 18.2. The van der Waals surface area contributed by atoms with Gasteiger partial charge < -0.3 is 50.3 Å². The Kier molecular flexibility index (Phi) is 12.5. The van der Waals surface area contributed by atoms with Gasteiger partial charge in [0.2, 0.25) is 0 Å². The highest BCUT2D eigenvalue weighted by Gasteiger charge is 2.47. The van der Waals surface area contributed by atoms with E-state index in [1.54, 1.807) is 24.3 Å². The molecular formula is C62H63N3O7. The highest BCUT2D eigenvalue weighted by Crippen LogP contribution is 2.52. The number of aromatic nitrogens is 1. The standard InChI is InChI=1S/C62H63N3O7/c63-59-31-43-15-13-38(11-12-39-14-21-56(67)45(25-39)26-40-6-3-8-50(66)27-40)5-4-9-51-32-58(69)44-17-20-52-42(28-44)18-22-57(68)60(52)72-35-47-30-49(29-46-33-65(34-53(46)47)61(64-59)54(43)37-71-51)62-23-24-70-36-48(62)19-16-41-7-1-2-10-55(41)62/h1-3,6-8,10,14,17-18,20-22,25,27,29-31,33-34,38,44,48,51,58-59,64,66-69H,4-5,9,11-12,16,19,23-24,26,28,32,35-37,63H2/t38-,44-,48+,51+,58+,59?,62+/m1/s1. The Morgan fingerprint density at radius 3 is 2.68 bits per heavy atom. The second kappa shape index (κ2) is 19.4. The minimum absolute atomic E-state index is 0.0622. The molecule has 0 amide bonds. The summed E-state index contributed by atoms with van der Waals surface area (Å²) in [6.07, 6.45) is 17.6. The molecule has 1 unspecified atom stereocenters. The number of fused-ring (bicyclic) bond motifs is 5. The molecule has 0 saturated carbocycles. The number of phenolic OH excluding ortho intramolecular Hbond substituents is 3. The van der Waals surface area contributed by atoms with Crippen molar-refractivity contribution in [3.05, 3.63) is 177 Å². The molecule has 7 N–H and O–H groups in total. The van der Waals surface area contributed by atoms with Crippen LogP contribution in [0.2, 0.25) is 0 Å². The number of aliphatic hydroxyl groups excluding tert-OH is 1. The Morgan fingerprint density at radius 1 is 0.861 bits per heavy atom. The summed E-state index contributed by atoms with van der Waals surface area (Å²) in [6, 6.07) is 30.4. The van der Waals surface area contributed by atoms with Gasteiger partial charge in [0.1, 0.15) is 23.9 Å². The summed E-state index contributed by atoms with van der Waals surface area (Å²) in [6.45, 7) is 1.88. The minimum atomic E-state index is -0.667. The van der Waals surface area contributed by atoms with Gasteiger partial charge in [-0.1, -0.05) is 84.7 Å². The van der Waals surface area contributed by atoms with E-state index in [-0.39, 0.29) is 53.8 Å². The molecule has 8 bridgehead atoms. The molecule has 7 atom stereocenters. The SMILES string of the molecule is NC1C=C2C#C[C@@H](CCc3ccc(O)c(Cc4cccc(O)c4)c3)CCC[C@H]3C[C@H](O)[C@@H]4C=Cc5c(ccc(O)c5OCc5cc([C@]67CCOC[C@@H]6CCc6ccccc67)cc6cn(cc56)C(=C2CO3)N1)C4. The third kappa shape index (κ3) is 8.87. The van der Waals surface area contributed by atoms with Gasteiger partial charge in [-0.25, -0.2) is 0 Å². The highest BCUT2D eigenvalue weighted by atomic mass is 16.5. The van der Waals surface area contributed by atoms with Crippen molar-refractivity contribution in [2.24, 2.45) is 23.5 Å². The summed E-state index contributed by atoms with van der Waals surface area (Å²) in [5.74, 6) is 9.37. The third-order valence-corrected chi connectivity index (χ3v) is 16.6. The fraction of sp³-hybridized carbons (Fsp3) is 0.355.